The highest BCUT2D eigenvalue weighted by molar-refractivity contribution is 5.89. The summed E-state index contributed by atoms with van der Waals surface area (Å²) in [7, 11) is 6.34. The predicted octanol–water partition coefficient (Wildman–Crippen LogP) is 2.83. The number of amides is 2. The number of rotatable bonds is 7. The van der Waals surface area contributed by atoms with Gasteiger partial charge >= 0.3 is 6.03 Å². The molecule has 2 amide bonds. The van der Waals surface area contributed by atoms with Gasteiger partial charge in [0.1, 0.15) is 5.69 Å². The van der Waals surface area contributed by atoms with E-state index in [1.807, 2.05) is 30.3 Å². The number of methoxy groups -OCH3 is 3. The second-order valence-electron chi connectivity index (χ2n) is 6.78. The normalized spacial score (nSPS) is 10.5. The molecule has 0 radical (unpaired) electrons. The number of para-hydroxylation sites is 1. The van der Waals surface area contributed by atoms with E-state index in [0.717, 1.165) is 5.56 Å². The van der Waals surface area contributed by atoms with Crippen molar-refractivity contribution in [2.45, 2.75) is 13.5 Å². The molecule has 0 unspecified atom stereocenters. The molecule has 1 aromatic heterocycles. The van der Waals surface area contributed by atoms with Crippen LogP contribution in [-0.4, -0.2) is 36.7 Å². The quantitative estimate of drug-likeness (QED) is 0.606. The van der Waals surface area contributed by atoms with Crippen LogP contribution in [0.25, 0.3) is 5.69 Å². The topological polar surface area (TPSA) is 95.8 Å². The van der Waals surface area contributed by atoms with Crippen LogP contribution in [0.4, 0.5) is 10.5 Å². The lowest BCUT2D eigenvalue weighted by molar-refractivity contribution is 0.251. The molecule has 0 aliphatic heterocycles. The zero-order valence-electron chi connectivity index (χ0n) is 18.2. The highest BCUT2D eigenvalue weighted by atomic mass is 16.5. The van der Waals surface area contributed by atoms with Gasteiger partial charge in [-0.15, -0.1) is 0 Å². The highest BCUT2D eigenvalue weighted by Gasteiger charge is 2.18. The van der Waals surface area contributed by atoms with Crippen LogP contribution in [0.3, 0.4) is 0 Å². The fraction of sp³-hybridized carbons (Fsp3) is 0.273. The monoisotopic (exact) mass is 426 g/mol. The molecule has 0 spiro atoms. The summed E-state index contributed by atoms with van der Waals surface area (Å²) >= 11 is 0. The molecule has 9 nitrogen and oxygen atoms in total. The van der Waals surface area contributed by atoms with Crippen LogP contribution < -0.4 is 30.4 Å². The standard InChI is InChI=1S/C22H26N4O5/c1-14-19(21(27)26(25(14)2)16-9-7-6-8-10-16)24-22(28)23-13-15-11-17(29-3)20(31-5)18(12-15)30-4/h6-12H,13H2,1-5H3,(H2,23,24,28). The molecule has 9 heteroatoms. The zero-order valence-corrected chi connectivity index (χ0v) is 18.2. The molecule has 0 fully saturated rings. The molecule has 0 bridgehead atoms. The summed E-state index contributed by atoms with van der Waals surface area (Å²) in [5, 5.41) is 5.42. The number of hydrogen-bond donors (Lipinski definition) is 2. The largest absolute Gasteiger partial charge is 0.493 e. The fourth-order valence-electron chi connectivity index (χ4n) is 3.29. The maximum Gasteiger partial charge on any atom is 0.319 e. The smallest absolute Gasteiger partial charge is 0.319 e. The summed E-state index contributed by atoms with van der Waals surface area (Å²) in [5.74, 6) is 1.45. The van der Waals surface area contributed by atoms with Gasteiger partial charge in [0.2, 0.25) is 5.75 Å². The minimum absolute atomic E-state index is 0.196. The average molecular weight is 426 g/mol. The van der Waals surface area contributed by atoms with Crippen LogP contribution in [0.1, 0.15) is 11.3 Å². The van der Waals surface area contributed by atoms with Gasteiger partial charge in [-0.3, -0.25) is 9.48 Å². The van der Waals surface area contributed by atoms with Crippen molar-refractivity contribution in [3.05, 3.63) is 64.1 Å². The van der Waals surface area contributed by atoms with E-state index in [2.05, 4.69) is 10.6 Å². The van der Waals surface area contributed by atoms with Crippen molar-refractivity contribution >= 4 is 11.7 Å². The number of carbonyl (C=O) groups is 1. The van der Waals surface area contributed by atoms with E-state index in [-0.39, 0.29) is 17.8 Å². The Morgan fingerprint density at radius 3 is 2.16 bits per heavy atom. The molecule has 0 atom stereocenters. The molecule has 0 aliphatic rings. The third kappa shape index (κ3) is 4.35. The molecule has 2 N–H and O–H groups in total. The summed E-state index contributed by atoms with van der Waals surface area (Å²) in [6.07, 6.45) is 0. The molecule has 1 heterocycles. The molecule has 0 aliphatic carbocycles. The Kier molecular flexibility index (Phi) is 6.54. The Labute approximate surface area is 180 Å². The molecule has 0 saturated carbocycles. The van der Waals surface area contributed by atoms with E-state index in [4.69, 9.17) is 14.2 Å². The number of nitrogens with zero attached hydrogens (tertiary/aromatic N) is 2. The summed E-state index contributed by atoms with van der Waals surface area (Å²) in [4.78, 5) is 25.4. The van der Waals surface area contributed by atoms with Gasteiger partial charge in [-0.05, 0) is 36.8 Å². The van der Waals surface area contributed by atoms with E-state index >= 15 is 0 Å². The molecule has 0 saturated heterocycles. The number of ether oxygens (including phenoxy) is 3. The number of anilines is 1. The Hall–Kier alpha value is -3.88. The predicted molar refractivity (Wildman–Crippen MR) is 118 cm³/mol. The molecule has 164 valence electrons. The SMILES string of the molecule is COc1cc(CNC(=O)Nc2c(C)n(C)n(-c3ccccc3)c2=O)cc(OC)c1OC. The van der Waals surface area contributed by atoms with E-state index in [1.54, 1.807) is 30.8 Å². The van der Waals surface area contributed by atoms with Crippen molar-refractivity contribution in [3.63, 3.8) is 0 Å². The second kappa shape index (κ2) is 9.29. The molecular formula is C22H26N4O5. The zero-order chi connectivity index (χ0) is 22.5. The first-order valence-corrected chi connectivity index (χ1v) is 9.59. The van der Waals surface area contributed by atoms with Crippen molar-refractivity contribution in [3.8, 4) is 22.9 Å². The van der Waals surface area contributed by atoms with Gasteiger partial charge in [-0.25, -0.2) is 9.48 Å². The summed E-state index contributed by atoms with van der Waals surface area (Å²) in [5.41, 5.74) is 2.00. The van der Waals surface area contributed by atoms with Gasteiger partial charge in [0.05, 0.1) is 32.7 Å². The Balaban J connectivity index is 1.78. The minimum Gasteiger partial charge on any atom is -0.493 e. The number of aromatic nitrogens is 2. The molecular weight excluding hydrogens is 400 g/mol. The third-order valence-electron chi connectivity index (χ3n) is 4.97. The number of hydrogen-bond acceptors (Lipinski definition) is 5. The number of urea groups is 1. The van der Waals surface area contributed by atoms with Crippen LogP contribution >= 0.6 is 0 Å². The Bertz CT molecular complexity index is 1110. The Morgan fingerprint density at radius 2 is 1.61 bits per heavy atom. The van der Waals surface area contributed by atoms with Crippen molar-refractivity contribution in [1.29, 1.82) is 0 Å². The van der Waals surface area contributed by atoms with Crippen molar-refractivity contribution in [1.82, 2.24) is 14.7 Å². The first-order valence-electron chi connectivity index (χ1n) is 9.59. The van der Waals surface area contributed by atoms with E-state index in [1.165, 1.54) is 26.0 Å². The van der Waals surface area contributed by atoms with Gasteiger partial charge in [0, 0.05) is 13.6 Å². The molecule has 2 aromatic carbocycles. The van der Waals surface area contributed by atoms with Gasteiger partial charge in [-0.1, -0.05) is 18.2 Å². The Morgan fingerprint density at radius 1 is 1.00 bits per heavy atom. The van der Waals surface area contributed by atoms with E-state index in [0.29, 0.717) is 28.6 Å². The molecule has 3 rings (SSSR count). The van der Waals surface area contributed by atoms with Crippen LogP contribution in [0.5, 0.6) is 17.2 Å². The lowest BCUT2D eigenvalue weighted by Gasteiger charge is -2.14. The van der Waals surface area contributed by atoms with Gasteiger partial charge in [0.25, 0.3) is 5.56 Å². The van der Waals surface area contributed by atoms with Crippen molar-refractivity contribution in [2.75, 3.05) is 26.6 Å². The lowest BCUT2D eigenvalue weighted by atomic mass is 10.2. The summed E-state index contributed by atoms with van der Waals surface area (Å²) < 4.78 is 19.2. The van der Waals surface area contributed by atoms with Crippen LogP contribution in [-0.2, 0) is 13.6 Å². The van der Waals surface area contributed by atoms with Crippen LogP contribution in [0, 0.1) is 6.92 Å². The first kappa shape index (κ1) is 21.8. The third-order valence-corrected chi connectivity index (χ3v) is 4.97. The lowest BCUT2D eigenvalue weighted by Crippen LogP contribution is -2.31. The number of benzene rings is 2. The van der Waals surface area contributed by atoms with Crippen LogP contribution in [0.2, 0.25) is 0 Å². The van der Waals surface area contributed by atoms with Crippen LogP contribution in [0.15, 0.2) is 47.3 Å². The second-order valence-corrected chi connectivity index (χ2v) is 6.78. The van der Waals surface area contributed by atoms with Crippen molar-refractivity contribution in [2.24, 2.45) is 7.05 Å². The summed E-state index contributed by atoms with van der Waals surface area (Å²) in [6, 6.07) is 12.2. The average Bonchev–Trinajstić information content (AvgIpc) is 3.00. The number of nitrogens with one attached hydrogen (secondary N) is 2. The maximum absolute atomic E-state index is 12.9. The van der Waals surface area contributed by atoms with Crippen molar-refractivity contribution < 1.29 is 19.0 Å². The minimum atomic E-state index is -0.500. The maximum atomic E-state index is 12.9. The van der Waals surface area contributed by atoms with Gasteiger partial charge in [-0.2, -0.15) is 0 Å². The van der Waals surface area contributed by atoms with Gasteiger partial charge < -0.3 is 24.8 Å². The van der Waals surface area contributed by atoms with E-state index in [9.17, 15) is 9.59 Å². The van der Waals surface area contributed by atoms with Gasteiger partial charge in [0.15, 0.2) is 11.5 Å². The molecule has 3 aromatic rings. The molecule has 31 heavy (non-hydrogen) atoms. The summed E-state index contributed by atoms with van der Waals surface area (Å²) in [6.45, 7) is 1.97. The fourth-order valence-corrected chi connectivity index (χ4v) is 3.29. The number of carbonyl (C=O) groups excluding carboxylic acids is 1. The first-order chi connectivity index (χ1) is 14.9. The highest BCUT2D eigenvalue weighted by Crippen LogP contribution is 2.38. The van der Waals surface area contributed by atoms with E-state index < -0.39 is 6.03 Å².